The molecule has 2 rings (SSSR count). The molecule has 1 N–H and O–H groups in total. The minimum Gasteiger partial charge on any atom is -0.272 e. The summed E-state index contributed by atoms with van der Waals surface area (Å²) in [7, 11) is -1.85. The van der Waals surface area contributed by atoms with Crippen LogP contribution in [-0.4, -0.2) is 18.2 Å². The average molecular weight is 297 g/mol. The van der Waals surface area contributed by atoms with E-state index in [1.165, 1.54) is 12.1 Å². The fourth-order valence-electron chi connectivity index (χ4n) is 1.94. The van der Waals surface area contributed by atoms with Gasteiger partial charge < -0.3 is 0 Å². The van der Waals surface area contributed by atoms with Crippen LogP contribution in [0.5, 0.6) is 0 Å². The van der Waals surface area contributed by atoms with Gasteiger partial charge in [0.1, 0.15) is 5.82 Å². The van der Waals surface area contributed by atoms with E-state index in [1.807, 2.05) is 13.8 Å². The number of aromatic nitrogens is 2. The Labute approximate surface area is 117 Å². The molecule has 0 spiro atoms. The fraction of sp³-hybridized carbons (Fsp3) is 0.308. The van der Waals surface area contributed by atoms with Gasteiger partial charge in [0.25, 0.3) is 0 Å². The average Bonchev–Trinajstić information content (AvgIpc) is 2.62. The minimum absolute atomic E-state index is 0.0399. The fourth-order valence-corrected chi connectivity index (χ4v) is 2.93. The molecule has 0 saturated carbocycles. The Morgan fingerprint density at radius 1 is 1.25 bits per heavy atom. The number of nitrogens with zero attached hydrogens (tertiary/aromatic N) is 2. The van der Waals surface area contributed by atoms with Crippen molar-refractivity contribution in [1.82, 2.24) is 14.5 Å². The highest BCUT2D eigenvalue weighted by atomic mass is 32.2. The van der Waals surface area contributed by atoms with E-state index in [2.05, 4.69) is 9.82 Å². The lowest BCUT2D eigenvalue weighted by molar-refractivity contribution is 0.580. The van der Waals surface area contributed by atoms with Crippen molar-refractivity contribution in [2.24, 2.45) is 7.05 Å². The highest BCUT2D eigenvalue weighted by Gasteiger charge is 2.16. The second-order valence-corrected chi connectivity index (χ2v) is 6.32. The van der Waals surface area contributed by atoms with E-state index >= 15 is 0 Å². The van der Waals surface area contributed by atoms with Crippen LogP contribution in [0.4, 0.5) is 4.39 Å². The monoisotopic (exact) mass is 297 g/mol. The first-order valence-electron chi connectivity index (χ1n) is 6.05. The minimum atomic E-state index is -3.65. The smallest absolute Gasteiger partial charge is 0.240 e. The number of sulfonamides is 1. The molecular weight excluding hydrogens is 281 g/mol. The van der Waals surface area contributed by atoms with E-state index in [1.54, 1.807) is 11.7 Å². The normalized spacial score (nSPS) is 11.8. The Kier molecular flexibility index (Phi) is 3.92. The van der Waals surface area contributed by atoms with Gasteiger partial charge in [-0.3, -0.25) is 4.68 Å². The van der Waals surface area contributed by atoms with E-state index in [-0.39, 0.29) is 11.4 Å². The molecule has 0 aliphatic heterocycles. The molecule has 7 heteroatoms. The topological polar surface area (TPSA) is 64.0 Å². The van der Waals surface area contributed by atoms with Crippen LogP contribution in [0.3, 0.4) is 0 Å². The lowest BCUT2D eigenvalue weighted by Crippen LogP contribution is -2.23. The van der Waals surface area contributed by atoms with E-state index in [0.29, 0.717) is 0 Å². The molecule has 0 bridgehead atoms. The first-order valence-corrected chi connectivity index (χ1v) is 7.54. The molecule has 0 fully saturated rings. The summed E-state index contributed by atoms with van der Waals surface area (Å²) < 4.78 is 41.2. The molecule has 0 aliphatic carbocycles. The summed E-state index contributed by atoms with van der Waals surface area (Å²) in [4.78, 5) is 0.0399. The van der Waals surface area contributed by atoms with Crippen LogP contribution in [0.15, 0.2) is 29.2 Å². The van der Waals surface area contributed by atoms with Crippen molar-refractivity contribution in [3.63, 3.8) is 0 Å². The quantitative estimate of drug-likeness (QED) is 0.933. The number of benzene rings is 1. The predicted molar refractivity (Wildman–Crippen MR) is 73.1 cm³/mol. The molecule has 0 saturated heterocycles. The molecule has 0 unspecified atom stereocenters. The van der Waals surface area contributed by atoms with Crippen molar-refractivity contribution in [3.8, 4) is 0 Å². The summed E-state index contributed by atoms with van der Waals surface area (Å²) in [6.45, 7) is 3.86. The largest absolute Gasteiger partial charge is 0.272 e. The third-order valence-corrected chi connectivity index (χ3v) is 4.64. The zero-order valence-electron chi connectivity index (χ0n) is 11.5. The second kappa shape index (κ2) is 5.34. The standard InChI is InChI=1S/C13H16FN3O2S/c1-9-13(10(2)17(3)16-9)8-15-20(18,19)12-6-4-11(14)5-7-12/h4-7,15H,8H2,1-3H3. The van der Waals surface area contributed by atoms with Crippen LogP contribution in [0.25, 0.3) is 0 Å². The number of aryl methyl sites for hydroxylation is 2. The Morgan fingerprint density at radius 3 is 2.35 bits per heavy atom. The van der Waals surface area contributed by atoms with Crippen LogP contribution in [0, 0.1) is 19.7 Å². The van der Waals surface area contributed by atoms with Gasteiger partial charge in [-0.1, -0.05) is 0 Å². The summed E-state index contributed by atoms with van der Waals surface area (Å²) >= 11 is 0. The molecule has 1 aromatic heterocycles. The van der Waals surface area contributed by atoms with Gasteiger partial charge in [0.15, 0.2) is 0 Å². The molecule has 0 atom stereocenters. The summed E-state index contributed by atoms with van der Waals surface area (Å²) in [5, 5.41) is 4.23. The SMILES string of the molecule is Cc1nn(C)c(C)c1CNS(=O)(=O)c1ccc(F)cc1. The van der Waals surface area contributed by atoms with Crippen LogP contribution in [0.2, 0.25) is 0 Å². The Bertz CT molecular complexity index is 721. The van der Waals surface area contributed by atoms with Crippen LogP contribution < -0.4 is 4.72 Å². The molecule has 108 valence electrons. The third-order valence-electron chi connectivity index (χ3n) is 3.22. The number of nitrogens with one attached hydrogen (secondary N) is 1. The van der Waals surface area contributed by atoms with Gasteiger partial charge in [0.2, 0.25) is 10.0 Å². The van der Waals surface area contributed by atoms with Crippen molar-refractivity contribution in [1.29, 1.82) is 0 Å². The van der Waals surface area contributed by atoms with Gasteiger partial charge in [-0.2, -0.15) is 5.10 Å². The Hall–Kier alpha value is -1.73. The summed E-state index contributed by atoms with van der Waals surface area (Å²) in [6, 6.07) is 4.71. The molecule has 0 amide bonds. The number of halogens is 1. The molecule has 1 aromatic carbocycles. The van der Waals surface area contributed by atoms with Crippen molar-refractivity contribution in [2.45, 2.75) is 25.3 Å². The van der Waals surface area contributed by atoms with E-state index in [4.69, 9.17) is 0 Å². The number of hydrogen-bond donors (Lipinski definition) is 1. The van der Waals surface area contributed by atoms with E-state index in [0.717, 1.165) is 29.1 Å². The first-order chi connectivity index (χ1) is 9.31. The maximum atomic E-state index is 12.8. The lowest BCUT2D eigenvalue weighted by atomic mass is 10.2. The highest BCUT2D eigenvalue weighted by molar-refractivity contribution is 7.89. The van der Waals surface area contributed by atoms with Gasteiger partial charge in [-0.15, -0.1) is 0 Å². The summed E-state index contributed by atoms with van der Waals surface area (Å²) in [5.41, 5.74) is 2.54. The molecule has 1 heterocycles. The number of rotatable bonds is 4. The van der Waals surface area contributed by atoms with Gasteiger partial charge in [0, 0.05) is 24.8 Å². The van der Waals surface area contributed by atoms with Crippen molar-refractivity contribution in [3.05, 3.63) is 47.0 Å². The molecule has 0 radical (unpaired) electrons. The van der Waals surface area contributed by atoms with Gasteiger partial charge >= 0.3 is 0 Å². The van der Waals surface area contributed by atoms with Crippen LogP contribution >= 0.6 is 0 Å². The second-order valence-electron chi connectivity index (χ2n) is 4.55. The van der Waals surface area contributed by atoms with Crippen molar-refractivity contribution in [2.75, 3.05) is 0 Å². The van der Waals surface area contributed by atoms with Crippen molar-refractivity contribution >= 4 is 10.0 Å². The predicted octanol–water partition coefficient (Wildman–Crippen LogP) is 1.65. The zero-order chi connectivity index (χ0) is 14.9. The Morgan fingerprint density at radius 2 is 1.85 bits per heavy atom. The third kappa shape index (κ3) is 2.88. The number of hydrogen-bond acceptors (Lipinski definition) is 3. The zero-order valence-corrected chi connectivity index (χ0v) is 12.3. The van der Waals surface area contributed by atoms with E-state index < -0.39 is 15.8 Å². The first kappa shape index (κ1) is 14.7. The van der Waals surface area contributed by atoms with Gasteiger partial charge in [0.05, 0.1) is 10.6 Å². The Balaban J connectivity index is 2.19. The molecule has 20 heavy (non-hydrogen) atoms. The van der Waals surface area contributed by atoms with Gasteiger partial charge in [-0.25, -0.2) is 17.5 Å². The molecule has 5 nitrogen and oxygen atoms in total. The van der Waals surface area contributed by atoms with Gasteiger partial charge in [-0.05, 0) is 38.1 Å². The molecule has 2 aromatic rings. The van der Waals surface area contributed by atoms with Crippen LogP contribution in [0.1, 0.15) is 17.0 Å². The maximum absolute atomic E-state index is 12.8. The maximum Gasteiger partial charge on any atom is 0.240 e. The van der Waals surface area contributed by atoms with Crippen molar-refractivity contribution < 1.29 is 12.8 Å². The molecule has 0 aliphatic rings. The van der Waals surface area contributed by atoms with Crippen LogP contribution in [-0.2, 0) is 23.6 Å². The summed E-state index contributed by atoms with van der Waals surface area (Å²) in [5.74, 6) is -0.470. The highest BCUT2D eigenvalue weighted by Crippen LogP contribution is 2.14. The van der Waals surface area contributed by atoms with E-state index in [9.17, 15) is 12.8 Å². The summed E-state index contributed by atoms with van der Waals surface area (Å²) in [6.07, 6.45) is 0. The lowest BCUT2D eigenvalue weighted by Gasteiger charge is -2.07. The molecular formula is C13H16FN3O2S.